The van der Waals surface area contributed by atoms with Crippen molar-refractivity contribution in [3.63, 3.8) is 0 Å². The van der Waals surface area contributed by atoms with Gasteiger partial charge in [0.2, 0.25) is 0 Å². The van der Waals surface area contributed by atoms with Gasteiger partial charge in [0, 0.05) is 13.5 Å². The lowest BCUT2D eigenvalue weighted by Gasteiger charge is -2.26. The molecule has 0 aromatic heterocycles. The van der Waals surface area contributed by atoms with Gasteiger partial charge in [-0.2, -0.15) is 0 Å². The average molecular weight is 238 g/mol. The van der Waals surface area contributed by atoms with E-state index in [2.05, 4.69) is 0 Å². The number of aliphatic hydroxyl groups is 1. The number of rotatable bonds is 5. The molecular formula is C12H18N2O3. The molecule has 0 aliphatic carbocycles. The first kappa shape index (κ1) is 13.6. The van der Waals surface area contributed by atoms with Gasteiger partial charge in [-0.25, -0.2) is 5.06 Å². The Morgan fingerprint density at radius 3 is 2.59 bits per heavy atom. The molecule has 3 N–H and O–H groups in total. The molecule has 0 saturated heterocycles. The summed E-state index contributed by atoms with van der Waals surface area (Å²) in [5.74, 6) is -0.657. The highest BCUT2D eigenvalue weighted by Gasteiger charge is 2.33. The molecule has 0 heterocycles. The van der Waals surface area contributed by atoms with Crippen molar-refractivity contribution in [2.45, 2.75) is 18.6 Å². The summed E-state index contributed by atoms with van der Waals surface area (Å²) in [7, 11) is 2.74. The smallest absolute Gasteiger partial charge is 0.292 e. The average Bonchev–Trinajstić information content (AvgIpc) is 2.36. The molecule has 1 atom stereocenters. The van der Waals surface area contributed by atoms with E-state index in [-0.39, 0.29) is 6.42 Å². The first-order chi connectivity index (χ1) is 7.97. The van der Waals surface area contributed by atoms with Gasteiger partial charge < -0.3 is 5.11 Å². The van der Waals surface area contributed by atoms with E-state index in [4.69, 9.17) is 10.6 Å². The normalized spacial score (nSPS) is 14.1. The zero-order chi connectivity index (χ0) is 12.9. The highest BCUT2D eigenvalue weighted by molar-refractivity contribution is 5.83. The van der Waals surface area contributed by atoms with Gasteiger partial charge in [-0.1, -0.05) is 30.3 Å². The van der Waals surface area contributed by atoms with E-state index >= 15 is 0 Å². The summed E-state index contributed by atoms with van der Waals surface area (Å²) in [5.41, 5.74) is 4.68. The first-order valence-corrected chi connectivity index (χ1v) is 5.35. The second-order valence-electron chi connectivity index (χ2n) is 3.90. The monoisotopic (exact) mass is 238 g/mol. The molecule has 1 rings (SSSR count). The summed E-state index contributed by atoms with van der Waals surface area (Å²) < 4.78 is 0. The van der Waals surface area contributed by atoms with Gasteiger partial charge in [-0.3, -0.25) is 15.4 Å². The molecule has 0 bridgehead atoms. The minimum atomic E-state index is -1.90. The van der Waals surface area contributed by atoms with Crippen LogP contribution in [-0.4, -0.2) is 36.0 Å². The predicted molar refractivity (Wildman–Crippen MR) is 63.7 cm³/mol. The third kappa shape index (κ3) is 3.81. The fraction of sp³-hybridized carbons (Fsp3) is 0.417. The van der Waals surface area contributed by atoms with E-state index < -0.39 is 11.6 Å². The lowest BCUT2D eigenvalue weighted by molar-refractivity contribution is -0.188. The minimum absolute atomic E-state index is 0.142. The Morgan fingerprint density at radius 2 is 2.06 bits per heavy atom. The Hall–Kier alpha value is -1.43. The summed E-state index contributed by atoms with van der Waals surface area (Å²) in [6.07, 6.45) is 0.667. The number of hydrogen-bond donors (Lipinski definition) is 2. The van der Waals surface area contributed by atoms with Crippen LogP contribution in [-0.2, 0) is 16.1 Å². The zero-order valence-corrected chi connectivity index (χ0v) is 10.1. The van der Waals surface area contributed by atoms with Crippen molar-refractivity contribution in [1.29, 1.82) is 0 Å². The maximum Gasteiger partial charge on any atom is 0.292 e. The van der Waals surface area contributed by atoms with Crippen LogP contribution in [0.3, 0.4) is 0 Å². The molecule has 0 spiro atoms. The molecule has 1 aromatic rings. The quantitative estimate of drug-likeness (QED) is 0.571. The van der Waals surface area contributed by atoms with Crippen LogP contribution in [0.2, 0.25) is 0 Å². The Morgan fingerprint density at radius 1 is 1.47 bits per heavy atom. The molecule has 1 amide bonds. The molecular weight excluding hydrogens is 220 g/mol. The topological polar surface area (TPSA) is 75.8 Å². The second-order valence-corrected chi connectivity index (χ2v) is 3.90. The zero-order valence-electron chi connectivity index (χ0n) is 10.1. The summed E-state index contributed by atoms with van der Waals surface area (Å²) in [5, 5.41) is 10.8. The van der Waals surface area contributed by atoms with Gasteiger partial charge in [0.15, 0.2) is 5.72 Å². The van der Waals surface area contributed by atoms with Gasteiger partial charge in [0.25, 0.3) is 5.91 Å². The van der Waals surface area contributed by atoms with E-state index in [9.17, 15) is 9.90 Å². The van der Waals surface area contributed by atoms with Crippen LogP contribution in [0.25, 0.3) is 0 Å². The van der Waals surface area contributed by atoms with Gasteiger partial charge in [-0.15, -0.1) is 0 Å². The van der Waals surface area contributed by atoms with Crippen molar-refractivity contribution in [2.75, 3.05) is 14.2 Å². The number of amides is 1. The Bertz CT molecular complexity index is 365. The number of hydroxylamine groups is 2. The highest BCUT2D eigenvalue weighted by atomic mass is 16.7. The van der Waals surface area contributed by atoms with Crippen LogP contribution in [0.5, 0.6) is 0 Å². The molecule has 0 saturated carbocycles. The van der Waals surface area contributed by atoms with Gasteiger partial charge in [0.05, 0.1) is 7.11 Å². The third-order valence-electron chi connectivity index (χ3n) is 2.57. The lowest BCUT2D eigenvalue weighted by Crippen LogP contribution is -2.54. The molecule has 0 aliphatic rings. The first-order valence-electron chi connectivity index (χ1n) is 5.35. The van der Waals surface area contributed by atoms with Crippen LogP contribution in [0.15, 0.2) is 30.3 Å². The highest BCUT2D eigenvalue weighted by Crippen LogP contribution is 2.12. The fourth-order valence-electron chi connectivity index (χ4n) is 1.44. The van der Waals surface area contributed by atoms with Gasteiger partial charge in [-0.05, 0) is 12.0 Å². The van der Waals surface area contributed by atoms with E-state index in [1.165, 1.54) is 14.2 Å². The number of carbonyl (C=O) groups is 1. The van der Waals surface area contributed by atoms with Crippen molar-refractivity contribution in [3.05, 3.63) is 35.9 Å². The summed E-state index contributed by atoms with van der Waals surface area (Å²) in [6, 6.07) is 9.53. The number of aryl methyl sites for hydroxylation is 1. The molecule has 0 unspecified atom stereocenters. The molecule has 1 aromatic carbocycles. The number of nitrogens with two attached hydrogens (primary N) is 1. The van der Waals surface area contributed by atoms with Gasteiger partial charge >= 0.3 is 0 Å². The summed E-state index contributed by atoms with van der Waals surface area (Å²) in [6.45, 7) is 0. The van der Waals surface area contributed by atoms with Crippen molar-refractivity contribution in [2.24, 2.45) is 5.73 Å². The largest absolute Gasteiger partial charge is 0.367 e. The molecule has 5 heteroatoms. The van der Waals surface area contributed by atoms with Crippen LogP contribution >= 0.6 is 0 Å². The van der Waals surface area contributed by atoms with Crippen LogP contribution in [0, 0.1) is 0 Å². The predicted octanol–water partition coefficient (Wildman–Crippen LogP) is 0.286. The van der Waals surface area contributed by atoms with Gasteiger partial charge in [0.1, 0.15) is 0 Å². The Labute approximate surface area is 101 Å². The summed E-state index contributed by atoms with van der Waals surface area (Å²) >= 11 is 0. The SMILES string of the molecule is CON(C)C(=O)[C@](N)(O)CCc1ccccc1. The Kier molecular flexibility index (Phi) is 4.62. The van der Waals surface area contributed by atoms with E-state index in [0.717, 1.165) is 10.6 Å². The fourth-order valence-corrected chi connectivity index (χ4v) is 1.44. The van der Waals surface area contributed by atoms with E-state index in [0.29, 0.717) is 6.42 Å². The lowest BCUT2D eigenvalue weighted by atomic mass is 10.0. The standard InChI is InChI=1S/C12H18N2O3/c1-14(17-2)11(15)12(13,16)9-8-10-6-4-3-5-7-10/h3-7,16H,8-9,13H2,1-2H3/t12-/m1/s1. The molecule has 0 radical (unpaired) electrons. The number of hydrogen-bond acceptors (Lipinski definition) is 4. The van der Waals surface area contributed by atoms with E-state index in [1.807, 2.05) is 30.3 Å². The number of benzene rings is 1. The Balaban J connectivity index is 2.58. The minimum Gasteiger partial charge on any atom is -0.367 e. The van der Waals surface area contributed by atoms with Crippen molar-refractivity contribution in [1.82, 2.24) is 5.06 Å². The van der Waals surface area contributed by atoms with Crippen molar-refractivity contribution >= 4 is 5.91 Å². The van der Waals surface area contributed by atoms with Crippen LogP contribution < -0.4 is 5.73 Å². The number of carbonyl (C=O) groups excluding carboxylic acids is 1. The molecule has 17 heavy (non-hydrogen) atoms. The molecule has 94 valence electrons. The van der Waals surface area contributed by atoms with E-state index in [1.54, 1.807) is 0 Å². The van der Waals surface area contributed by atoms with Crippen LogP contribution in [0.1, 0.15) is 12.0 Å². The summed E-state index contributed by atoms with van der Waals surface area (Å²) in [4.78, 5) is 16.3. The molecule has 5 nitrogen and oxygen atoms in total. The maximum atomic E-state index is 11.6. The molecule has 0 aliphatic heterocycles. The third-order valence-corrected chi connectivity index (χ3v) is 2.57. The number of likely N-dealkylation sites (N-methyl/N-ethyl adjacent to an activating group) is 1. The van der Waals surface area contributed by atoms with Crippen molar-refractivity contribution < 1.29 is 14.7 Å². The number of nitrogens with zero attached hydrogens (tertiary/aromatic N) is 1. The maximum absolute atomic E-state index is 11.6. The van der Waals surface area contributed by atoms with Crippen LogP contribution in [0.4, 0.5) is 0 Å². The molecule has 0 fully saturated rings. The second kappa shape index (κ2) is 5.77. The van der Waals surface area contributed by atoms with Crippen molar-refractivity contribution in [3.8, 4) is 0 Å².